The van der Waals surface area contributed by atoms with Gasteiger partial charge in [-0.1, -0.05) is 0 Å². The maximum absolute atomic E-state index is 4.18. The molecule has 7 heteroatoms. The van der Waals surface area contributed by atoms with E-state index in [4.69, 9.17) is 0 Å². The summed E-state index contributed by atoms with van der Waals surface area (Å²) in [6.07, 6.45) is 12.3. The summed E-state index contributed by atoms with van der Waals surface area (Å²) < 4.78 is 0. The lowest BCUT2D eigenvalue weighted by molar-refractivity contribution is 0.612. The van der Waals surface area contributed by atoms with Crippen LogP contribution in [0.1, 0.15) is 49.4 Å². The molecule has 0 saturated carbocycles. The molecule has 21 heavy (non-hydrogen) atoms. The van der Waals surface area contributed by atoms with Crippen LogP contribution in [0.5, 0.6) is 0 Å². The van der Waals surface area contributed by atoms with Crippen LogP contribution >= 0.6 is 12.4 Å². The third-order valence-electron chi connectivity index (χ3n) is 3.82. The van der Waals surface area contributed by atoms with Crippen LogP contribution in [0.25, 0.3) is 0 Å². The van der Waals surface area contributed by atoms with Gasteiger partial charge in [0.25, 0.3) is 0 Å². The third kappa shape index (κ3) is 4.30. The third-order valence-corrected chi connectivity index (χ3v) is 3.82. The van der Waals surface area contributed by atoms with E-state index < -0.39 is 0 Å². The van der Waals surface area contributed by atoms with Gasteiger partial charge in [-0.3, -0.25) is 0 Å². The van der Waals surface area contributed by atoms with Crippen molar-refractivity contribution in [2.24, 2.45) is 0 Å². The van der Waals surface area contributed by atoms with E-state index in [1.807, 2.05) is 12.4 Å². The van der Waals surface area contributed by atoms with Gasteiger partial charge in [-0.05, 0) is 38.8 Å². The SMILES string of the molecule is Cl.c1c[nH]c([C@@H]2CCCN2)n1.c1c[nH]c([C@@H]2CCCN2)n1. The van der Waals surface area contributed by atoms with Crippen molar-refractivity contribution in [1.82, 2.24) is 30.6 Å². The van der Waals surface area contributed by atoms with Crippen molar-refractivity contribution in [1.29, 1.82) is 0 Å². The summed E-state index contributed by atoms with van der Waals surface area (Å²) in [5.41, 5.74) is 0. The number of nitrogens with zero attached hydrogens (tertiary/aromatic N) is 2. The molecule has 116 valence electrons. The molecule has 2 saturated heterocycles. The molecule has 4 heterocycles. The van der Waals surface area contributed by atoms with E-state index >= 15 is 0 Å². The highest BCUT2D eigenvalue weighted by atomic mass is 35.5. The Kier molecular flexibility index (Phi) is 6.22. The molecule has 2 aliphatic rings. The standard InChI is InChI=1S/2C7H11N3.ClH/c2*1-2-6(8-3-1)7-9-4-5-10-7;/h2*4-6,8H,1-3H2,(H,9,10);1H/t2*6-;/m00./s1. The Morgan fingerprint density at radius 3 is 1.57 bits per heavy atom. The normalized spacial score (nSPS) is 24.2. The van der Waals surface area contributed by atoms with Crippen LogP contribution in [-0.2, 0) is 0 Å². The van der Waals surface area contributed by atoms with E-state index in [0.717, 1.165) is 24.7 Å². The second-order valence-corrected chi connectivity index (χ2v) is 5.25. The van der Waals surface area contributed by atoms with E-state index in [1.165, 1.54) is 25.7 Å². The second-order valence-electron chi connectivity index (χ2n) is 5.25. The number of nitrogens with one attached hydrogen (secondary N) is 4. The number of aromatic amines is 2. The molecule has 4 rings (SSSR count). The minimum absolute atomic E-state index is 0. The average Bonchev–Trinajstić information content (AvgIpc) is 3.29. The fraction of sp³-hybridized carbons (Fsp3) is 0.571. The Labute approximate surface area is 131 Å². The van der Waals surface area contributed by atoms with Crippen molar-refractivity contribution in [3.63, 3.8) is 0 Å². The Bertz CT molecular complexity index is 425. The largest absolute Gasteiger partial charge is 0.347 e. The maximum atomic E-state index is 4.18. The molecule has 0 unspecified atom stereocenters. The molecule has 2 aromatic rings. The Hall–Kier alpha value is -1.37. The molecule has 0 amide bonds. The van der Waals surface area contributed by atoms with Crippen molar-refractivity contribution in [2.45, 2.75) is 37.8 Å². The molecule has 0 aliphatic carbocycles. The monoisotopic (exact) mass is 310 g/mol. The van der Waals surface area contributed by atoms with E-state index in [9.17, 15) is 0 Å². The van der Waals surface area contributed by atoms with Crippen LogP contribution in [0.15, 0.2) is 24.8 Å². The fourth-order valence-corrected chi connectivity index (χ4v) is 2.77. The van der Waals surface area contributed by atoms with Crippen molar-refractivity contribution < 1.29 is 0 Å². The van der Waals surface area contributed by atoms with Crippen LogP contribution in [0, 0.1) is 0 Å². The molecule has 6 nitrogen and oxygen atoms in total. The molecule has 0 bridgehead atoms. The first-order chi connectivity index (χ1) is 9.93. The van der Waals surface area contributed by atoms with Crippen molar-refractivity contribution in [3.05, 3.63) is 36.4 Å². The zero-order valence-electron chi connectivity index (χ0n) is 12.0. The topological polar surface area (TPSA) is 81.4 Å². The summed E-state index contributed by atoms with van der Waals surface area (Å²) >= 11 is 0. The minimum Gasteiger partial charge on any atom is -0.347 e. The molecule has 2 aliphatic heterocycles. The first kappa shape index (κ1) is 16.0. The van der Waals surface area contributed by atoms with E-state index in [0.29, 0.717) is 12.1 Å². The van der Waals surface area contributed by atoms with Gasteiger partial charge in [0, 0.05) is 24.8 Å². The average molecular weight is 311 g/mol. The van der Waals surface area contributed by atoms with Gasteiger partial charge >= 0.3 is 0 Å². The molecular formula is C14H23ClN6. The van der Waals surface area contributed by atoms with Gasteiger partial charge in [0.2, 0.25) is 0 Å². The highest BCUT2D eigenvalue weighted by Gasteiger charge is 2.17. The summed E-state index contributed by atoms with van der Waals surface area (Å²) in [6.45, 7) is 2.26. The summed E-state index contributed by atoms with van der Waals surface area (Å²) in [4.78, 5) is 14.6. The van der Waals surface area contributed by atoms with Gasteiger partial charge in [-0.2, -0.15) is 0 Å². The number of hydrogen-bond donors (Lipinski definition) is 4. The molecule has 0 aromatic carbocycles. The quantitative estimate of drug-likeness (QED) is 0.684. The van der Waals surface area contributed by atoms with Gasteiger partial charge in [0.1, 0.15) is 11.6 Å². The van der Waals surface area contributed by atoms with Gasteiger partial charge < -0.3 is 20.6 Å². The molecule has 2 atom stereocenters. The molecule has 0 spiro atoms. The number of H-pyrrole nitrogens is 2. The predicted octanol–water partition coefficient (Wildman–Crippen LogP) is 2.09. The minimum atomic E-state index is 0. The zero-order chi connectivity index (χ0) is 13.6. The summed E-state index contributed by atoms with van der Waals surface area (Å²) in [6, 6.07) is 0.963. The van der Waals surface area contributed by atoms with Gasteiger partial charge in [-0.25, -0.2) is 9.97 Å². The molecule has 0 radical (unpaired) electrons. The zero-order valence-corrected chi connectivity index (χ0v) is 12.8. The van der Waals surface area contributed by atoms with Crippen LogP contribution in [0.4, 0.5) is 0 Å². The van der Waals surface area contributed by atoms with Gasteiger partial charge in [0.15, 0.2) is 0 Å². The Morgan fingerprint density at radius 2 is 1.29 bits per heavy atom. The Balaban J connectivity index is 0.000000147. The summed E-state index contributed by atoms with van der Waals surface area (Å²) in [5, 5.41) is 6.73. The van der Waals surface area contributed by atoms with Crippen LogP contribution < -0.4 is 10.6 Å². The highest BCUT2D eigenvalue weighted by molar-refractivity contribution is 5.85. The van der Waals surface area contributed by atoms with E-state index in [2.05, 4.69) is 30.6 Å². The number of halogens is 1. The molecule has 2 fully saturated rings. The summed E-state index contributed by atoms with van der Waals surface area (Å²) in [5.74, 6) is 2.16. The molecular weight excluding hydrogens is 288 g/mol. The number of rotatable bonds is 2. The second kappa shape index (κ2) is 8.17. The first-order valence-electron chi connectivity index (χ1n) is 7.39. The van der Waals surface area contributed by atoms with Crippen molar-refractivity contribution in [3.8, 4) is 0 Å². The smallest absolute Gasteiger partial charge is 0.123 e. The van der Waals surface area contributed by atoms with Crippen LogP contribution in [0.3, 0.4) is 0 Å². The Morgan fingerprint density at radius 1 is 0.810 bits per heavy atom. The number of imidazole rings is 2. The number of aromatic nitrogens is 4. The van der Waals surface area contributed by atoms with Crippen LogP contribution in [0.2, 0.25) is 0 Å². The van der Waals surface area contributed by atoms with Crippen molar-refractivity contribution >= 4 is 12.4 Å². The summed E-state index contributed by atoms with van der Waals surface area (Å²) in [7, 11) is 0. The van der Waals surface area contributed by atoms with Gasteiger partial charge in [0.05, 0.1) is 12.1 Å². The lowest BCUT2D eigenvalue weighted by Crippen LogP contribution is -2.13. The molecule has 4 N–H and O–H groups in total. The van der Waals surface area contributed by atoms with Gasteiger partial charge in [-0.15, -0.1) is 12.4 Å². The lowest BCUT2D eigenvalue weighted by Gasteiger charge is -2.04. The number of hydrogen-bond acceptors (Lipinski definition) is 4. The van der Waals surface area contributed by atoms with E-state index in [-0.39, 0.29) is 12.4 Å². The maximum Gasteiger partial charge on any atom is 0.123 e. The lowest BCUT2D eigenvalue weighted by atomic mass is 10.2. The predicted molar refractivity (Wildman–Crippen MR) is 84.4 cm³/mol. The fourth-order valence-electron chi connectivity index (χ4n) is 2.77. The first-order valence-corrected chi connectivity index (χ1v) is 7.39. The highest BCUT2D eigenvalue weighted by Crippen LogP contribution is 2.19. The molecule has 2 aromatic heterocycles. The van der Waals surface area contributed by atoms with Crippen molar-refractivity contribution in [2.75, 3.05) is 13.1 Å². The van der Waals surface area contributed by atoms with E-state index in [1.54, 1.807) is 12.4 Å². The van der Waals surface area contributed by atoms with Crippen LogP contribution in [-0.4, -0.2) is 33.0 Å².